The smallest absolute Gasteiger partial charge is 0.0988 e. The molecule has 0 radical (unpaired) electrons. The predicted octanol–water partition coefficient (Wildman–Crippen LogP) is 0.791. The molecule has 0 bridgehead atoms. The molecule has 0 aromatic carbocycles. The molecule has 1 fully saturated rings. The van der Waals surface area contributed by atoms with E-state index in [4.69, 9.17) is 4.74 Å². The number of ether oxygens (including phenoxy) is 1. The third-order valence-electron chi connectivity index (χ3n) is 2.79. The van der Waals surface area contributed by atoms with E-state index in [2.05, 4.69) is 28.9 Å². The fraction of sp³-hybridized carbons (Fsp3) is 0.700. The van der Waals surface area contributed by atoms with Crippen LogP contribution in [-0.4, -0.2) is 30.0 Å². The summed E-state index contributed by atoms with van der Waals surface area (Å²) in [6.45, 7) is 6.70. The Kier molecular flexibility index (Phi) is 2.56. The summed E-state index contributed by atoms with van der Waals surface area (Å²) in [5, 5.41) is 7.72. The first-order valence-corrected chi connectivity index (χ1v) is 5.01. The van der Waals surface area contributed by atoms with Crippen LogP contribution in [0.5, 0.6) is 0 Å². The second kappa shape index (κ2) is 3.71. The van der Waals surface area contributed by atoms with Gasteiger partial charge >= 0.3 is 0 Å². The molecule has 1 aliphatic heterocycles. The van der Waals surface area contributed by atoms with Gasteiger partial charge in [-0.05, 0) is 20.9 Å². The zero-order valence-corrected chi connectivity index (χ0v) is 9.00. The number of hydrogen-bond acceptors (Lipinski definition) is 3. The van der Waals surface area contributed by atoms with Crippen molar-refractivity contribution in [1.82, 2.24) is 15.1 Å². The lowest BCUT2D eigenvalue weighted by molar-refractivity contribution is -0.0296. The maximum Gasteiger partial charge on any atom is 0.0988 e. The molecule has 2 rings (SSSR count). The van der Waals surface area contributed by atoms with Crippen LogP contribution in [0.25, 0.3) is 0 Å². The molecule has 0 aliphatic carbocycles. The maximum absolute atomic E-state index is 5.18. The van der Waals surface area contributed by atoms with E-state index in [1.807, 2.05) is 7.05 Å². The highest BCUT2D eigenvalue weighted by molar-refractivity contribution is 5.24. The van der Waals surface area contributed by atoms with E-state index in [0.29, 0.717) is 6.04 Å². The Bertz CT molecular complexity index is 328. The average Bonchev–Trinajstić information content (AvgIpc) is 2.31. The van der Waals surface area contributed by atoms with Crippen LogP contribution in [0.1, 0.15) is 23.0 Å². The Morgan fingerprint density at radius 3 is 2.71 bits per heavy atom. The van der Waals surface area contributed by atoms with Gasteiger partial charge in [0.2, 0.25) is 0 Å². The molecule has 4 nitrogen and oxygen atoms in total. The second-order valence-electron chi connectivity index (χ2n) is 3.82. The first-order chi connectivity index (χ1) is 6.74. The van der Waals surface area contributed by atoms with Gasteiger partial charge < -0.3 is 10.1 Å². The minimum absolute atomic E-state index is 0.458. The van der Waals surface area contributed by atoms with Gasteiger partial charge in [0.05, 0.1) is 24.9 Å². The van der Waals surface area contributed by atoms with Crippen LogP contribution in [0.2, 0.25) is 0 Å². The summed E-state index contributed by atoms with van der Waals surface area (Å²) in [4.78, 5) is 0. The molecule has 1 saturated heterocycles. The van der Waals surface area contributed by atoms with Crippen molar-refractivity contribution in [2.24, 2.45) is 0 Å². The molecular formula is C10H17N3O. The summed E-state index contributed by atoms with van der Waals surface area (Å²) in [7, 11) is 1.96. The van der Waals surface area contributed by atoms with Gasteiger partial charge in [-0.2, -0.15) is 5.10 Å². The standard InChI is InChI=1S/C10H17N3O/c1-7-10(4-11-3)8(2)13(12-7)9-5-14-6-9/h9,11H,4-6H2,1-3H3. The fourth-order valence-electron chi connectivity index (χ4n) is 1.85. The predicted molar refractivity (Wildman–Crippen MR) is 54.3 cm³/mol. The van der Waals surface area contributed by atoms with Gasteiger partial charge in [-0.15, -0.1) is 0 Å². The summed E-state index contributed by atoms with van der Waals surface area (Å²) in [5.74, 6) is 0. The SMILES string of the molecule is CNCc1c(C)nn(C2COC2)c1C. The molecule has 2 heterocycles. The third kappa shape index (κ3) is 1.44. The zero-order chi connectivity index (χ0) is 10.1. The van der Waals surface area contributed by atoms with Crippen LogP contribution in [-0.2, 0) is 11.3 Å². The first kappa shape index (κ1) is 9.68. The first-order valence-electron chi connectivity index (χ1n) is 5.01. The molecule has 4 heteroatoms. The van der Waals surface area contributed by atoms with E-state index < -0.39 is 0 Å². The van der Waals surface area contributed by atoms with Crippen molar-refractivity contribution in [2.45, 2.75) is 26.4 Å². The summed E-state index contributed by atoms with van der Waals surface area (Å²) >= 11 is 0. The summed E-state index contributed by atoms with van der Waals surface area (Å²) in [6.07, 6.45) is 0. The quantitative estimate of drug-likeness (QED) is 0.775. The lowest BCUT2D eigenvalue weighted by Crippen LogP contribution is -2.32. The number of aromatic nitrogens is 2. The van der Waals surface area contributed by atoms with Crippen molar-refractivity contribution in [2.75, 3.05) is 20.3 Å². The van der Waals surface area contributed by atoms with Crippen LogP contribution in [0.15, 0.2) is 0 Å². The summed E-state index contributed by atoms with van der Waals surface area (Å²) < 4.78 is 7.28. The molecule has 78 valence electrons. The summed E-state index contributed by atoms with van der Waals surface area (Å²) in [5.41, 5.74) is 3.72. The largest absolute Gasteiger partial charge is 0.377 e. The molecule has 0 unspecified atom stereocenters. The molecule has 14 heavy (non-hydrogen) atoms. The van der Waals surface area contributed by atoms with E-state index >= 15 is 0 Å². The highest BCUT2D eigenvalue weighted by Gasteiger charge is 2.24. The van der Waals surface area contributed by atoms with Gasteiger partial charge in [0.1, 0.15) is 0 Å². The van der Waals surface area contributed by atoms with Crippen molar-refractivity contribution in [1.29, 1.82) is 0 Å². The average molecular weight is 195 g/mol. The Labute approximate surface area is 84.3 Å². The van der Waals surface area contributed by atoms with Gasteiger partial charge in [-0.25, -0.2) is 0 Å². The van der Waals surface area contributed by atoms with Gasteiger partial charge in [-0.1, -0.05) is 0 Å². The maximum atomic E-state index is 5.18. The van der Waals surface area contributed by atoms with Gasteiger partial charge in [0, 0.05) is 17.8 Å². The van der Waals surface area contributed by atoms with Crippen LogP contribution < -0.4 is 5.32 Å². The van der Waals surface area contributed by atoms with Gasteiger partial charge in [-0.3, -0.25) is 4.68 Å². The highest BCUT2D eigenvalue weighted by atomic mass is 16.5. The van der Waals surface area contributed by atoms with Crippen molar-refractivity contribution in [3.63, 3.8) is 0 Å². The lowest BCUT2D eigenvalue weighted by atomic mass is 10.2. The van der Waals surface area contributed by atoms with E-state index in [9.17, 15) is 0 Å². The van der Waals surface area contributed by atoms with Gasteiger partial charge in [0.15, 0.2) is 0 Å². The van der Waals surface area contributed by atoms with Crippen LogP contribution in [0, 0.1) is 13.8 Å². The number of rotatable bonds is 3. The second-order valence-corrected chi connectivity index (χ2v) is 3.82. The molecular weight excluding hydrogens is 178 g/mol. The van der Waals surface area contributed by atoms with Crippen molar-refractivity contribution in [3.8, 4) is 0 Å². The van der Waals surface area contributed by atoms with E-state index in [1.54, 1.807) is 0 Å². The van der Waals surface area contributed by atoms with Crippen LogP contribution in [0.3, 0.4) is 0 Å². The molecule has 0 atom stereocenters. The number of hydrogen-bond donors (Lipinski definition) is 1. The van der Waals surface area contributed by atoms with E-state index in [-0.39, 0.29) is 0 Å². The fourth-order valence-corrected chi connectivity index (χ4v) is 1.85. The topological polar surface area (TPSA) is 39.1 Å². The van der Waals surface area contributed by atoms with Crippen molar-refractivity contribution >= 4 is 0 Å². The molecule has 1 aliphatic rings. The lowest BCUT2D eigenvalue weighted by Gasteiger charge is -2.27. The third-order valence-corrected chi connectivity index (χ3v) is 2.79. The number of nitrogens with one attached hydrogen (secondary N) is 1. The highest BCUT2D eigenvalue weighted by Crippen LogP contribution is 2.22. The van der Waals surface area contributed by atoms with E-state index in [0.717, 1.165) is 25.5 Å². The number of nitrogens with zero attached hydrogens (tertiary/aromatic N) is 2. The molecule has 1 aromatic heterocycles. The Morgan fingerprint density at radius 2 is 2.21 bits per heavy atom. The number of aryl methyl sites for hydroxylation is 1. The molecule has 1 N–H and O–H groups in total. The van der Waals surface area contributed by atoms with Crippen molar-refractivity contribution < 1.29 is 4.74 Å². The van der Waals surface area contributed by atoms with Crippen LogP contribution >= 0.6 is 0 Å². The van der Waals surface area contributed by atoms with Crippen LogP contribution in [0.4, 0.5) is 0 Å². The van der Waals surface area contributed by atoms with Gasteiger partial charge in [0.25, 0.3) is 0 Å². The Morgan fingerprint density at radius 1 is 1.50 bits per heavy atom. The van der Waals surface area contributed by atoms with E-state index in [1.165, 1.54) is 11.3 Å². The Hall–Kier alpha value is -0.870. The molecule has 0 spiro atoms. The summed E-state index contributed by atoms with van der Waals surface area (Å²) in [6, 6.07) is 0.458. The minimum Gasteiger partial charge on any atom is -0.377 e. The molecule has 0 amide bonds. The monoisotopic (exact) mass is 195 g/mol. The normalized spacial score (nSPS) is 17.1. The minimum atomic E-state index is 0.458. The molecule has 0 saturated carbocycles. The van der Waals surface area contributed by atoms with Crippen molar-refractivity contribution in [3.05, 3.63) is 17.0 Å². The Balaban J connectivity index is 2.28. The molecule has 1 aromatic rings. The zero-order valence-electron chi connectivity index (χ0n) is 9.00.